The van der Waals surface area contributed by atoms with Gasteiger partial charge in [-0.05, 0) is 65.8 Å². The second-order valence-electron chi connectivity index (χ2n) is 10.1. The lowest BCUT2D eigenvalue weighted by Gasteiger charge is -2.41. The van der Waals surface area contributed by atoms with Crippen molar-refractivity contribution in [1.82, 2.24) is 14.8 Å². The first-order valence-corrected chi connectivity index (χ1v) is 13.0. The molecule has 5 rings (SSSR count). The number of benzene rings is 2. The summed E-state index contributed by atoms with van der Waals surface area (Å²) >= 11 is 3.66. The summed E-state index contributed by atoms with van der Waals surface area (Å²) in [5.74, 6) is 0. The predicted octanol–water partition coefficient (Wildman–Crippen LogP) is 6.13. The van der Waals surface area contributed by atoms with E-state index < -0.39 is 11.8 Å². The molecule has 2 fully saturated rings. The van der Waals surface area contributed by atoms with Crippen molar-refractivity contribution in [2.24, 2.45) is 0 Å². The topological polar surface area (TPSA) is 39.6 Å². The van der Waals surface area contributed by atoms with Gasteiger partial charge in [0.15, 0.2) is 5.60 Å². The van der Waals surface area contributed by atoms with E-state index in [0.29, 0.717) is 12.1 Å². The highest BCUT2D eigenvalue weighted by Gasteiger charge is 2.51. The first-order chi connectivity index (χ1) is 17.1. The van der Waals surface area contributed by atoms with Crippen LogP contribution in [0, 0.1) is 0 Å². The molecule has 3 atom stereocenters. The molecule has 2 aliphatic rings. The minimum absolute atomic E-state index is 0.177. The third-order valence-corrected chi connectivity index (χ3v) is 8.23. The normalized spacial score (nSPS) is 22.5. The maximum absolute atomic E-state index is 13.1. The summed E-state index contributed by atoms with van der Waals surface area (Å²) in [6.45, 7) is 4.70. The van der Waals surface area contributed by atoms with Gasteiger partial charge < -0.3 is 5.11 Å². The Bertz CT molecular complexity index is 1190. The SMILES string of the molecule is CC(O)(c1ccc(-c2ccc(CN3CC4CCC(C3)N4Cc3ccncc3)cc2Br)cc1)C(F)(F)F. The van der Waals surface area contributed by atoms with E-state index in [1.165, 1.54) is 36.1 Å². The average molecular weight is 560 g/mol. The molecule has 3 heterocycles. The molecule has 3 aromatic rings. The van der Waals surface area contributed by atoms with Crippen LogP contribution in [-0.4, -0.2) is 51.2 Å². The number of hydrogen-bond donors (Lipinski definition) is 1. The van der Waals surface area contributed by atoms with Gasteiger partial charge in [-0.15, -0.1) is 0 Å². The number of aromatic nitrogens is 1. The summed E-state index contributed by atoms with van der Waals surface area (Å²) in [5.41, 5.74) is 1.14. The summed E-state index contributed by atoms with van der Waals surface area (Å²) < 4.78 is 40.3. The number of pyridine rings is 1. The second-order valence-corrected chi connectivity index (χ2v) is 10.9. The Hall–Kier alpha value is -2.26. The van der Waals surface area contributed by atoms with Crippen LogP contribution in [0.5, 0.6) is 0 Å². The molecule has 3 unspecified atom stereocenters. The van der Waals surface area contributed by atoms with Crippen LogP contribution in [0.25, 0.3) is 11.1 Å². The Labute approximate surface area is 217 Å². The molecule has 1 N–H and O–H groups in total. The van der Waals surface area contributed by atoms with Gasteiger partial charge in [0.05, 0.1) is 0 Å². The van der Waals surface area contributed by atoms with E-state index in [2.05, 4.69) is 55.0 Å². The van der Waals surface area contributed by atoms with Crippen molar-refractivity contribution in [3.8, 4) is 11.1 Å². The van der Waals surface area contributed by atoms with Gasteiger partial charge in [0.1, 0.15) is 0 Å². The molecular weight excluding hydrogens is 531 g/mol. The fourth-order valence-electron chi connectivity index (χ4n) is 5.45. The Morgan fingerprint density at radius 1 is 0.917 bits per heavy atom. The van der Waals surface area contributed by atoms with Crippen LogP contribution in [0.1, 0.15) is 36.5 Å². The van der Waals surface area contributed by atoms with Crippen LogP contribution in [0.3, 0.4) is 0 Å². The highest BCUT2D eigenvalue weighted by molar-refractivity contribution is 9.10. The molecule has 0 aliphatic carbocycles. The zero-order chi connectivity index (χ0) is 25.5. The van der Waals surface area contributed by atoms with E-state index in [9.17, 15) is 18.3 Å². The molecule has 1 aromatic heterocycles. The number of halogens is 4. The minimum Gasteiger partial charge on any atom is -0.376 e. The number of rotatable bonds is 6. The van der Waals surface area contributed by atoms with Crippen molar-refractivity contribution >= 4 is 15.9 Å². The van der Waals surface area contributed by atoms with E-state index in [1.54, 1.807) is 12.1 Å². The van der Waals surface area contributed by atoms with E-state index in [0.717, 1.165) is 48.7 Å². The van der Waals surface area contributed by atoms with Crippen molar-refractivity contribution < 1.29 is 18.3 Å². The standard InChI is InChI=1S/C28H29BrF3N3O/c1-27(36,28(30,31)32)22-5-3-21(4-6-22)25-9-2-20(14-26(25)29)15-34-17-23-7-8-24(18-34)35(23)16-19-10-12-33-13-11-19/h2-6,9-14,23-24,36H,7-8,15-18H2,1H3. The molecule has 8 heteroatoms. The Morgan fingerprint density at radius 2 is 1.56 bits per heavy atom. The van der Waals surface area contributed by atoms with Crippen molar-refractivity contribution in [3.63, 3.8) is 0 Å². The van der Waals surface area contributed by atoms with Gasteiger partial charge >= 0.3 is 6.18 Å². The molecule has 0 amide bonds. The highest BCUT2D eigenvalue weighted by atomic mass is 79.9. The first-order valence-electron chi connectivity index (χ1n) is 12.2. The minimum atomic E-state index is -4.74. The lowest BCUT2D eigenvalue weighted by Crippen LogP contribution is -2.52. The van der Waals surface area contributed by atoms with Crippen LogP contribution < -0.4 is 0 Å². The molecule has 2 saturated heterocycles. The van der Waals surface area contributed by atoms with Gasteiger partial charge in [-0.25, -0.2) is 0 Å². The number of fused-ring (bicyclic) bond motifs is 2. The molecule has 190 valence electrons. The third kappa shape index (κ3) is 5.09. The van der Waals surface area contributed by atoms with Crippen LogP contribution >= 0.6 is 15.9 Å². The van der Waals surface area contributed by atoms with Gasteiger partial charge in [0.2, 0.25) is 0 Å². The number of piperazine rings is 1. The number of likely N-dealkylation sites (tertiary alicyclic amines) is 1. The third-order valence-electron chi connectivity index (χ3n) is 7.57. The van der Waals surface area contributed by atoms with Crippen molar-refractivity contribution in [2.45, 2.75) is 56.7 Å². The zero-order valence-electron chi connectivity index (χ0n) is 20.0. The summed E-state index contributed by atoms with van der Waals surface area (Å²) in [4.78, 5) is 9.30. The molecular formula is C28H29BrF3N3O. The molecule has 2 aromatic carbocycles. The molecule has 36 heavy (non-hydrogen) atoms. The predicted molar refractivity (Wildman–Crippen MR) is 137 cm³/mol. The van der Waals surface area contributed by atoms with Gasteiger partial charge in [0.25, 0.3) is 0 Å². The largest absolute Gasteiger partial charge is 0.421 e. The highest BCUT2D eigenvalue weighted by Crippen LogP contribution is 2.40. The van der Waals surface area contributed by atoms with E-state index in [1.807, 2.05) is 18.5 Å². The number of alkyl halides is 3. The second kappa shape index (κ2) is 9.89. The fourth-order valence-corrected chi connectivity index (χ4v) is 6.11. The molecule has 2 bridgehead atoms. The lowest BCUT2D eigenvalue weighted by atomic mass is 9.93. The summed E-state index contributed by atoms with van der Waals surface area (Å²) in [6.07, 6.45) is 1.43. The Balaban J connectivity index is 1.24. The van der Waals surface area contributed by atoms with Crippen molar-refractivity contribution in [1.29, 1.82) is 0 Å². The summed E-state index contributed by atoms with van der Waals surface area (Å²) in [5, 5.41) is 9.92. The van der Waals surface area contributed by atoms with Gasteiger partial charge in [-0.1, -0.05) is 52.3 Å². The quantitative estimate of drug-likeness (QED) is 0.394. The monoisotopic (exact) mass is 559 g/mol. The maximum Gasteiger partial charge on any atom is 0.421 e. The van der Waals surface area contributed by atoms with Crippen molar-refractivity contribution in [3.05, 3.63) is 88.2 Å². The smallest absolute Gasteiger partial charge is 0.376 e. The maximum atomic E-state index is 13.1. The van der Waals surface area contributed by atoms with Crippen LogP contribution in [0.2, 0.25) is 0 Å². The van der Waals surface area contributed by atoms with Crippen LogP contribution in [0.4, 0.5) is 13.2 Å². The van der Waals surface area contributed by atoms with Gasteiger partial charge in [0, 0.05) is 55.1 Å². The van der Waals surface area contributed by atoms with Gasteiger partial charge in [-0.2, -0.15) is 13.2 Å². The number of hydrogen-bond acceptors (Lipinski definition) is 4. The molecule has 4 nitrogen and oxygen atoms in total. The van der Waals surface area contributed by atoms with Gasteiger partial charge in [-0.3, -0.25) is 14.8 Å². The Morgan fingerprint density at radius 3 is 2.14 bits per heavy atom. The lowest BCUT2D eigenvalue weighted by molar-refractivity contribution is -0.258. The average Bonchev–Trinajstić information content (AvgIpc) is 3.06. The summed E-state index contributed by atoms with van der Waals surface area (Å²) in [6, 6.07) is 17.4. The first kappa shape index (κ1) is 25.4. The van der Waals surface area contributed by atoms with E-state index >= 15 is 0 Å². The number of aliphatic hydroxyl groups is 1. The van der Waals surface area contributed by atoms with E-state index in [-0.39, 0.29) is 5.56 Å². The molecule has 0 saturated carbocycles. The van der Waals surface area contributed by atoms with E-state index in [4.69, 9.17) is 0 Å². The molecule has 0 spiro atoms. The fraction of sp³-hybridized carbons (Fsp3) is 0.393. The Kier molecular flexibility index (Phi) is 6.98. The molecule has 0 radical (unpaired) electrons. The zero-order valence-corrected chi connectivity index (χ0v) is 21.6. The van der Waals surface area contributed by atoms with Crippen molar-refractivity contribution in [2.75, 3.05) is 13.1 Å². The number of nitrogens with zero attached hydrogens (tertiary/aromatic N) is 3. The van der Waals surface area contributed by atoms with Crippen LogP contribution in [0.15, 0.2) is 71.5 Å². The molecule has 2 aliphatic heterocycles. The van der Waals surface area contributed by atoms with Crippen LogP contribution in [-0.2, 0) is 18.7 Å². The summed E-state index contributed by atoms with van der Waals surface area (Å²) in [7, 11) is 0.